The molecule has 0 aliphatic heterocycles. The third-order valence-corrected chi connectivity index (χ3v) is 4.55. The Balaban J connectivity index is 1.76. The number of anilines is 3. The van der Waals surface area contributed by atoms with E-state index in [2.05, 4.69) is 27.8 Å². The van der Waals surface area contributed by atoms with Crippen LogP contribution in [0.2, 0.25) is 0 Å². The van der Waals surface area contributed by atoms with Gasteiger partial charge in [0.2, 0.25) is 0 Å². The molecule has 0 spiro atoms. The van der Waals surface area contributed by atoms with E-state index in [1.54, 1.807) is 44.6 Å². The SMILES string of the molecule is CCc1cccc(C)c1NC(=O)c1ccc(Nc2cc(OC)ccc2OC)nn1. The fourth-order valence-corrected chi connectivity index (χ4v) is 2.95. The number of benzene rings is 2. The van der Waals surface area contributed by atoms with Gasteiger partial charge in [0.05, 0.1) is 19.9 Å². The van der Waals surface area contributed by atoms with Crippen LogP contribution in [-0.4, -0.2) is 30.3 Å². The molecule has 2 aromatic carbocycles. The second-order valence-corrected chi connectivity index (χ2v) is 6.41. The van der Waals surface area contributed by atoms with Crippen molar-refractivity contribution in [2.24, 2.45) is 0 Å². The van der Waals surface area contributed by atoms with E-state index in [4.69, 9.17) is 9.47 Å². The number of aromatic nitrogens is 2. The number of nitrogens with one attached hydrogen (secondary N) is 2. The summed E-state index contributed by atoms with van der Waals surface area (Å²) < 4.78 is 10.6. The number of aryl methyl sites for hydroxylation is 2. The Morgan fingerprint density at radius 2 is 1.86 bits per heavy atom. The molecule has 0 radical (unpaired) electrons. The van der Waals surface area contributed by atoms with Gasteiger partial charge in [0, 0.05) is 11.8 Å². The average molecular weight is 392 g/mol. The first-order valence-corrected chi connectivity index (χ1v) is 9.28. The molecule has 0 saturated heterocycles. The van der Waals surface area contributed by atoms with Crippen LogP contribution >= 0.6 is 0 Å². The summed E-state index contributed by atoms with van der Waals surface area (Å²) in [5, 5.41) is 14.3. The number of hydrogen-bond acceptors (Lipinski definition) is 6. The van der Waals surface area contributed by atoms with Crippen molar-refractivity contribution in [3.63, 3.8) is 0 Å². The van der Waals surface area contributed by atoms with E-state index < -0.39 is 0 Å². The molecule has 29 heavy (non-hydrogen) atoms. The van der Waals surface area contributed by atoms with E-state index in [1.807, 2.05) is 25.1 Å². The summed E-state index contributed by atoms with van der Waals surface area (Å²) in [6, 6.07) is 14.7. The fourth-order valence-electron chi connectivity index (χ4n) is 2.95. The highest BCUT2D eigenvalue weighted by Crippen LogP contribution is 2.31. The topological polar surface area (TPSA) is 85.4 Å². The van der Waals surface area contributed by atoms with Gasteiger partial charge in [0.1, 0.15) is 11.5 Å². The van der Waals surface area contributed by atoms with Crippen molar-refractivity contribution < 1.29 is 14.3 Å². The number of hydrogen-bond donors (Lipinski definition) is 2. The molecule has 7 heteroatoms. The summed E-state index contributed by atoms with van der Waals surface area (Å²) in [5.74, 6) is 1.51. The lowest BCUT2D eigenvalue weighted by atomic mass is 10.1. The summed E-state index contributed by atoms with van der Waals surface area (Å²) >= 11 is 0. The first-order chi connectivity index (χ1) is 14.0. The van der Waals surface area contributed by atoms with E-state index in [9.17, 15) is 4.79 Å². The minimum absolute atomic E-state index is 0.235. The molecule has 1 heterocycles. The summed E-state index contributed by atoms with van der Waals surface area (Å²) in [5.41, 5.74) is 3.83. The van der Waals surface area contributed by atoms with Crippen LogP contribution < -0.4 is 20.1 Å². The fraction of sp³-hybridized carbons (Fsp3) is 0.227. The standard InChI is InChI=1S/C22H24N4O3/c1-5-15-8-6-7-14(2)21(15)24-22(27)17-10-12-20(26-25-17)23-18-13-16(28-3)9-11-19(18)29-4/h6-13H,5H2,1-4H3,(H,23,26)(H,24,27). The van der Waals surface area contributed by atoms with Crippen molar-refractivity contribution >= 4 is 23.1 Å². The Hall–Kier alpha value is -3.61. The monoisotopic (exact) mass is 392 g/mol. The van der Waals surface area contributed by atoms with Crippen molar-refractivity contribution in [1.82, 2.24) is 10.2 Å². The summed E-state index contributed by atoms with van der Waals surface area (Å²) in [4.78, 5) is 12.6. The molecule has 1 amide bonds. The first kappa shape index (κ1) is 20.1. The Labute approximate surface area is 170 Å². The predicted molar refractivity (Wildman–Crippen MR) is 113 cm³/mol. The molecular formula is C22H24N4O3. The van der Waals surface area contributed by atoms with Gasteiger partial charge in [-0.1, -0.05) is 25.1 Å². The zero-order valence-corrected chi connectivity index (χ0v) is 16.9. The van der Waals surface area contributed by atoms with E-state index in [0.29, 0.717) is 23.0 Å². The van der Waals surface area contributed by atoms with E-state index in [-0.39, 0.29) is 11.6 Å². The van der Waals surface area contributed by atoms with Gasteiger partial charge < -0.3 is 20.1 Å². The van der Waals surface area contributed by atoms with Crippen molar-refractivity contribution in [2.45, 2.75) is 20.3 Å². The third-order valence-electron chi connectivity index (χ3n) is 4.55. The quantitative estimate of drug-likeness (QED) is 0.621. The zero-order valence-electron chi connectivity index (χ0n) is 16.9. The molecule has 0 fully saturated rings. The summed E-state index contributed by atoms with van der Waals surface area (Å²) in [6.45, 7) is 4.02. The van der Waals surface area contributed by atoms with Gasteiger partial charge in [0.15, 0.2) is 11.5 Å². The predicted octanol–water partition coefficient (Wildman–Crippen LogP) is 4.36. The van der Waals surface area contributed by atoms with Crippen molar-refractivity contribution in [2.75, 3.05) is 24.9 Å². The van der Waals surface area contributed by atoms with Crippen LogP contribution in [0.3, 0.4) is 0 Å². The number of nitrogens with zero attached hydrogens (tertiary/aromatic N) is 2. The molecule has 1 aromatic heterocycles. The average Bonchev–Trinajstić information content (AvgIpc) is 2.75. The van der Waals surface area contributed by atoms with Crippen LogP contribution in [-0.2, 0) is 6.42 Å². The lowest BCUT2D eigenvalue weighted by molar-refractivity contribution is 0.102. The number of methoxy groups -OCH3 is 2. The largest absolute Gasteiger partial charge is 0.497 e. The Kier molecular flexibility index (Phi) is 6.29. The van der Waals surface area contributed by atoms with Gasteiger partial charge in [-0.15, -0.1) is 10.2 Å². The van der Waals surface area contributed by atoms with Crippen LogP contribution in [0.1, 0.15) is 28.5 Å². The summed E-state index contributed by atoms with van der Waals surface area (Å²) in [6.07, 6.45) is 0.828. The van der Waals surface area contributed by atoms with Crippen LogP contribution in [0, 0.1) is 6.92 Å². The lowest BCUT2D eigenvalue weighted by Crippen LogP contribution is -2.16. The molecule has 0 atom stereocenters. The third kappa shape index (κ3) is 4.63. The smallest absolute Gasteiger partial charge is 0.276 e. The van der Waals surface area contributed by atoms with E-state index in [0.717, 1.165) is 23.2 Å². The molecule has 0 aliphatic carbocycles. The number of rotatable bonds is 7. The maximum absolute atomic E-state index is 12.6. The Morgan fingerprint density at radius 1 is 1.03 bits per heavy atom. The summed E-state index contributed by atoms with van der Waals surface area (Å²) in [7, 11) is 3.18. The molecule has 7 nitrogen and oxygen atoms in total. The normalized spacial score (nSPS) is 10.3. The van der Waals surface area contributed by atoms with E-state index in [1.165, 1.54) is 0 Å². The molecule has 0 saturated carbocycles. The van der Waals surface area contributed by atoms with Crippen molar-refractivity contribution in [1.29, 1.82) is 0 Å². The van der Waals surface area contributed by atoms with Crippen LogP contribution in [0.15, 0.2) is 48.5 Å². The molecule has 3 rings (SSSR count). The van der Waals surface area contributed by atoms with Gasteiger partial charge in [-0.25, -0.2) is 0 Å². The van der Waals surface area contributed by atoms with Gasteiger partial charge >= 0.3 is 0 Å². The van der Waals surface area contributed by atoms with Crippen LogP contribution in [0.4, 0.5) is 17.2 Å². The van der Waals surface area contributed by atoms with Crippen LogP contribution in [0.5, 0.6) is 11.5 Å². The Morgan fingerprint density at radius 3 is 2.52 bits per heavy atom. The van der Waals surface area contributed by atoms with Gasteiger partial charge in [-0.3, -0.25) is 4.79 Å². The molecule has 0 aliphatic rings. The van der Waals surface area contributed by atoms with Crippen molar-refractivity contribution in [3.05, 3.63) is 65.4 Å². The second-order valence-electron chi connectivity index (χ2n) is 6.41. The molecule has 3 aromatic rings. The van der Waals surface area contributed by atoms with Gasteiger partial charge in [-0.05, 0) is 48.7 Å². The molecule has 0 bridgehead atoms. The number of ether oxygens (including phenoxy) is 2. The number of para-hydroxylation sites is 1. The highest BCUT2D eigenvalue weighted by Gasteiger charge is 2.13. The highest BCUT2D eigenvalue weighted by molar-refractivity contribution is 6.03. The number of carbonyl (C=O) groups is 1. The minimum Gasteiger partial charge on any atom is -0.497 e. The first-order valence-electron chi connectivity index (χ1n) is 9.28. The molecule has 150 valence electrons. The zero-order chi connectivity index (χ0) is 20.8. The van der Waals surface area contributed by atoms with Crippen LogP contribution in [0.25, 0.3) is 0 Å². The highest BCUT2D eigenvalue weighted by atomic mass is 16.5. The van der Waals surface area contributed by atoms with Gasteiger partial charge in [-0.2, -0.15) is 0 Å². The van der Waals surface area contributed by atoms with Gasteiger partial charge in [0.25, 0.3) is 5.91 Å². The second kappa shape index (κ2) is 9.05. The Bertz CT molecular complexity index is 1000. The molecule has 0 unspecified atom stereocenters. The maximum atomic E-state index is 12.6. The molecular weight excluding hydrogens is 368 g/mol. The lowest BCUT2D eigenvalue weighted by Gasteiger charge is -2.13. The maximum Gasteiger partial charge on any atom is 0.276 e. The minimum atomic E-state index is -0.299. The number of carbonyl (C=O) groups excluding carboxylic acids is 1. The van der Waals surface area contributed by atoms with E-state index >= 15 is 0 Å². The number of amides is 1. The van der Waals surface area contributed by atoms with Crippen molar-refractivity contribution in [3.8, 4) is 11.5 Å². The molecule has 2 N–H and O–H groups in total.